The van der Waals surface area contributed by atoms with E-state index in [9.17, 15) is 9.59 Å². The highest BCUT2D eigenvalue weighted by Gasteiger charge is 2.32. The van der Waals surface area contributed by atoms with E-state index < -0.39 is 11.9 Å². The van der Waals surface area contributed by atoms with E-state index in [-0.39, 0.29) is 5.91 Å². The monoisotopic (exact) mass is 272 g/mol. The van der Waals surface area contributed by atoms with E-state index in [1.165, 1.54) is 0 Å². The number of hydrogen-bond donors (Lipinski definition) is 1. The van der Waals surface area contributed by atoms with Crippen molar-refractivity contribution in [2.45, 2.75) is 6.42 Å². The van der Waals surface area contributed by atoms with Gasteiger partial charge in [-0.2, -0.15) is 0 Å². The van der Waals surface area contributed by atoms with Crippen LogP contribution in [-0.2, 0) is 11.8 Å². The van der Waals surface area contributed by atoms with Crippen molar-refractivity contribution >= 4 is 22.8 Å². The summed E-state index contributed by atoms with van der Waals surface area (Å²) in [5.74, 6) is -1.34. The number of fused-ring (bicyclic) bond motifs is 1. The average molecular weight is 272 g/mol. The molecular formula is C15H16N2O3. The first-order valence-corrected chi connectivity index (χ1v) is 6.64. The summed E-state index contributed by atoms with van der Waals surface area (Å²) in [4.78, 5) is 25.2. The summed E-state index contributed by atoms with van der Waals surface area (Å²) in [6.45, 7) is 0.816. The molecule has 1 aromatic heterocycles. The van der Waals surface area contributed by atoms with Gasteiger partial charge < -0.3 is 14.6 Å². The summed E-state index contributed by atoms with van der Waals surface area (Å²) < 4.78 is 1.92. The Kier molecular flexibility index (Phi) is 2.97. The van der Waals surface area contributed by atoms with Gasteiger partial charge in [-0.05, 0) is 12.5 Å². The molecule has 5 heteroatoms. The average Bonchev–Trinajstić information content (AvgIpc) is 3.04. The Morgan fingerprint density at radius 3 is 2.75 bits per heavy atom. The van der Waals surface area contributed by atoms with Gasteiger partial charge in [0, 0.05) is 37.2 Å². The second-order valence-corrected chi connectivity index (χ2v) is 5.25. The zero-order valence-electron chi connectivity index (χ0n) is 11.2. The quantitative estimate of drug-likeness (QED) is 0.905. The molecule has 1 unspecified atom stereocenters. The fourth-order valence-corrected chi connectivity index (χ4v) is 2.83. The lowest BCUT2D eigenvalue weighted by Crippen LogP contribution is -2.29. The van der Waals surface area contributed by atoms with Gasteiger partial charge in [0.05, 0.1) is 11.5 Å². The minimum atomic E-state index is -0.821. The molecule has 1 aromatic carbocycles. The maximum Gasteiger partial charge on any atom is 0.308 e. The van der Waals surface area contributed by atoms with Crippen LogP contribution in [0.1, 0.15) is 16.8 Å². The minimum Gasteiger partial charge on any atom is -0.481 e. The van der Waals surface area contributed by atoms with Crippen LogP contribution in [0.25, 0.3) is 10.9 Å². The molecule has 0 radical (unpaired) electrons. The third-order valence-corrected chi connectivity index (χ3v) is 3.95. The van der Waals surface area contributed by atoms with Gasteiger partial charge in [-0.3, -0.25) is 9.59 Å². The number of benzene rings is 1. The molecule has 104 valence electrons. The molecule has 3 rings (SSSR count). The molecule has 20 heavy (non-hydrogen) atoms. The maximum atomic E-state index is 12.6. The lowest BCUT2D eigenvalue weighted by Gasteiger charge is -2.15. The number of aryl methyl sites for hydroxylation is 1. The van der Waals surface area contributed by atoms with Crippen LogP contribution in [0.4, 0.5) is 0 Å². The highest BCUT2D eigenvalue weighted by atomic mass is 16.4. The topological polar surface area (TPSA) is 62.5 Å². The molecule has 0 spiro atoms. The summed E-state index contributed by atoms with van der Waals surface area (Å²) in [5, 5.41) is 9.93. The molecule has 1 saturated heterocycles. The van der Waals surface area contributed by atoms with Crippen LogP contribution >= 0.6 is 0 Å². The van der Waals surface area contributed by atoms with Crippen LogP contribution in [0.3, 0.4) is 0 Å². The minimum absolute atomic E-state index is 0.0782. The fraction of sp³-hybridized carbons (Fsp3) is 0.333. The Bertz CT molecular complexity index is 689. The number of aliphatic carboxylic acids is 1. The lowest BCUT2D eigenvalue weighted by molar-refractivity contribution is -0.141. The van der Waals surface area contributed by atoms with E-state index in [1.807, 2.05) is 42.1 Å². The van der Waals surface area contributed by atoms with Crippen molar-refractivity contribution in [1.82, 2.24) is 9.47 Å². The number of nitrogens with zero attached hydrogens (tertiary/aromatic N) is 2. The Balaban J connectivity index is 1.92. The number of rotatable bonds is 2. The number of carbonyl (C=O) groups excluding carboxylic acids is 1. The molecule has 0 saturated carbocycles. The van der Waals surface area contributed by atoms with Gasteiger partial charge in [0.15, 0.2) is 0 Å². The van der Waals surface area contributed by atoms with Crippen molar-refractivity contribution in [3.8, 4) is 0 Å². The van der Waals surface area contributed by atoms with Crippen molar-refractivity contribution in [2.75, 3.05) is 13.1 Å². The maximum absolute atomic E-state index is 12.6. The van der Waals surface area contributed by atoms with E-state index in [0.717, 1.165) is 10.9 Å². The number of amides is 1. The number of aromatic nitrogens is 1. The van der Waals surface area contributed by atoms with Gasteiger partial charge in [0.2, 0.25) is 0 Å². The van der Waals surface area contributed by atoms with E-state index in [1.54, 1.807) is 4.90 Å². The fourth-order valence-electron chi connectivity index (χ4n) is 2.83. The van der Waals surface area contributed by atoms with Crippen LogP contribution < -0.4 is 0 Å². The molecule has 1 aliphatic rings. The number of carboxylic acids is 1. The molecule has 0 bridgehead atoms. The van der Waals surface area contributed by atoms with Crippen LogP contribution in [0, 0.1) is 5.92 Å². The summed E-state index contributed by atoms with van der Waals surface area (Å²) in [7, 11) is 1.91. The molecule has 5 nitrogen and oxygen atoms in total. The first-order valence-electron chi connectivity index (χ1n) is 6.64. The van der Waals surface area contributed by atoms with Crippen LogP contribution in [0.5, 0.6) is 0 Å². The van der Waals surface area contributed by atoms with Gasteiger partial charge in [0.1, 0.15) is 0 Å². The summed E-state index contributed by atoms with van der Waals surface area (Å²) in [6.07, 6.45) is 2.35. The third-order valence-electron chi connectivity index (χ3n) is 3.95. The first kappa shape index (κ1) is 12.7. The van der Waals surface area contributed by atoms with Gasteiger partial charge >= 0.3 is 5.97 Å². The van der Waals surface area contributed by atoms with Crippen molar-refractivity contribution < 1.29 is 14.7 Å². The van der Waals surface area contributed by atoms with E-state index in [2.05, 4.69) is 0 Å². The Hall–Kier alpha value is -2.30. The van der Waals surface area contributed by atoms with Crippen molar-refractivity contribution in [1.29, 1.82) is 0 Å². The Morgan fingerprint density at radius 2 is 2.05 bits per heavy atom. The normalized spacial score (nSPS) is 18.6. The second-order valence-electron chi connectivity index (χ2n) is 5.25. The highest BCUT2D eigenvalue weighted by molar-refractivity contribution is 6.07. The number of likely N-dealkylation sites (tertiary alicyclic amines) is 1. The number of carboxylic acid groups (broad SMARTS) is 1. The number of para-hydroxylation sites is 1. The largest absolute Gasteiger partial charge is 0.481 e. The van der Waals surface area contributed by atoms with E-state index in [0.29, 0.717) is 25.1 Å². The second kappa shape index (κ2) is 4.67. The number of hydrogen-bond acceptors (Lipinski definition) is 2. The molecule has 2 aromatic rings. The van der Waals surface area contributed by atoms with Gasteiger partial charge in [-0.1, -0.05) is 18.2 Å². The zero-order chi connectivity index (χ0) is 14.3. The molecule has 1 aliphatic heterocycles. The molecule has 1 atom stereocenters. The van der Waals surface area contributed by atoms with Crippen molar-refractivity contribution in [3.63, 3.8) is 0 Å². The van der Waals surface area contributed by atoms with E-state index in [4.69, 9.17) is 5.11 Å². The third kappa shape index (κ3) is 1.95. The van der Waals surface area contributed by atoms with Crippen molar-refractivity contribution in [3.05, 3.63) is 36.0 Å². The SMILES string of the molecule is Cn1cc(C(=O)N2CCC(C(=O)O)C2)c2ccccc21. The lowest BCUT2D eigenvalue weighted by atomic mass is 10.1. The van der Waals surface area contributed by atoms with Gasteiger partial charge in [-0.25, -0.2) is 0 Å². The smallest absolute Gasteiger partial charge is 0.308 e. The van der Waals surface area contributed by atoms with E-state index >= 15 is 0 Å². The van der Waals surface area contributed by atoms with Crippen molar-refractivity contribution in [2.24, 2.45) is 13.0 Å². The Morgan fingerprint density at radius 1 is 1.30 bits per heavy atom. The highest BCUT2D eigenvalue weighted by Crippen LogP contribution is 2.24. The van der Waals surface area contributed by atoms with Crippen LogP contribution in [-0.4, -0.2) is 39.5 Å². The molecule has 2 heterocycles. The number of carbonyl (C=O) groups is 2. The summed E-state index contributed by atoms with van der Waals surface area (Å²) in [5.41, 5.74) is 1.65. The molecule has 1 amide bonds. The molecular weight excluding hydrogens is 256 g/mol. The predicted octanol–water partition coefficient (Wildman–Crippen LogP) is 1.72. The van der Waals surface area contributed by atoms with Crippen LogP contribution in [0.15, 0.2) is 30.5 Å². The van der Waals surface area contributed by atoms with Gasteiger partial charge in [0.25, 0.3) is 5.91 Å². The summed E-state index contributed by atoms with van der Waals surface area (Å²) in [6, 6.07) is 7.74. The van der Waals surface area contributed by atoms with Gasteiger partial charge in [-0.15, -0.1) is 0 Å². The first-order chi connectivity index (χ1) is 9.58. The Labute approximate surface area is 116 Å². The summed E-state index contributed by atoms with van der Waals surface area (Å²) >= 11 is 0. The zero-order valence-corrected chi connectivity index (χ0v) is 11.2. The molecule has 1 N–H and O–H groups in total. The van der Waals surface area contributed by atoms with Crippen LogP contribution in [0.2, 0.25) is 0 Å². The molecule has 1 fully saturated rings. The predicted molar refractivity (Wildman–Crippen MR) is 74.6 cm³/mol. The molecule has 0 aliphatic carbocycles. The standard InChI is InChI=1S/C15H16N2O3/c1-16-9-12(11-4-2-3-5-13(11)16)14(18)17-7-6-10(8-17)15(19)20/h2-5,9-10H,6-8H2,1H3,(H,19,20).